The molecule has 0 saturated carbocycles. The molecule has 1 aromatic carbocycles. The van der Waals surface area contributed by atoms with Crippen LogP contribution in [0.15, 0.2) is 30.9 Å². The molecule has 24 heteroatoms. The monoisotopic (exact) mass is 683 g/mol. The van der Waals surface area contributed by atoms with E-state index >= 15 is 0 Å². The first-order valence-corrected chi connectivity index (χ1v) is 17.1. The molecule has 4 rings (SSSR count). The first-order chi connectivity index (χ1) is 20.6. The molecule has 2 aromatic heterocycles. The van der Waals surface area contributed by atoms with Crippen LogP contribution in [-0.4, -0.2) is 74.5 Å². The third kappa shape index (κ3) is 8.92. The number of fused-ring (bicyclic) bond motifs is 1. The number of nitrogens with two attached hydrogens (primary N) is 1. The van der Waals surface area contributed by atoms with Gasteiger partial charge in [-0.05, 0) is 24.9 Å². The van der Waals surface area contributed by atoms with Crippen LogP contribution in [0.1, 0.15) is 30.2 Å². The van der Waals surface area contributed by atoms with E-state index in [9.17, 15) is 38.7 Å². The molecular weight excluding hydrogens is 655 g/mol. The zero-order valence-electron chi connectivity index (χ0n) is 22.4. The van der Waals surface area contributed by atoms with Gasteiger partial charge in [0.1, 0.15) is 18.7 Å². The number of anilines is 1. The summed E-state index contributed by atoms with van der Waals surface area (Å²) in [7, 11) is -16.7. The molecule has 44 heavy (non-hydrogen) atoms. The van der Waals surface area contributed by atoms with Gasteiger partial charge >= 0.3 is 23.5 Å². The van der Waals surface area contributed by atoms with Gasteiger partial charge in [0.05, 0.1) is 24.0 Å². The second-order valence-electron chi connectivity index (χ2n) is 9.33. The number of aryl methyl sites for hydroxylation is 1. The molecule has 0 amide bonds. The highest BCUT2D eigenvalue weighted by Crippen LogP contribution is 2.66. The molecule has 242 valence electrons. The zero-order chi connectivity index (χ0) is 32.3. The van der Waals surface area contributed by atoms with Crippen molar-refractivity contribution in [3.63, 3.8) is 0 Å². The number of nitro benzene ring substituents is 1. The summed E-state index contributed by atoms with van der Waals surface area (Å²) in [5.74, 6) is 0.248. The van der Waals surface area contributed by atoms with Crippen molar-refractivity contribution in [2.75, 3.05) is 18.5 Å². The van der Waals surface area contributed by atoms with Crippen LogP contribution in [0.25, 0.3) is 11.2 Å². The third-order valence-electron chi connectivity index (χ3n) is 6.15. The molecule has 5 atom stereocenters. The Labute approximate surface area is 247 Å². The van der Waals surface area contributed by atoms with Crippen molar-refractivity contribution in [3.05, 3.63) is 52.1 Å². The largest absolute Gasteiger partial charge is 0.490 e. The van der Waals surface area contributed by atoms with Gasteiger partial charge in [-0.25, -0.2) is 28.6 Å². The van der Waals surface area contributed by atoms with E-state index in [4.69, 9.17) is 20.3 Å². The number of aliphatic hydroxyl groups is 1. The van der Waals surface area contributed by atoms with Crippen molar-refractivity contribution in [2.45, 2.75) is 44.2 Å². The average Bonchev–Trinajstić information content (AvgIpc) is 3.51. The summed E-state index contributed by atoms with van der Waals surface area (Å²) in [6, 6.07) is 4.93. The summed E-state index contributed by atoms with van der Waals surface area (Å²) in [6.07, 6.45) is 0.290. The normalized spacial score (nSPS) is 21.6. The van der Waals surface area contributed by atoms with Crippen LogP contribution in [0, 0.1) is 10.1 Å². The molecule has 3 aromatic rings. The van der Waals surface area contributed by atoms with Gasteiger partial charge in [-0.2, -0.15) is 8.62 Å². The predicted octanol–water partition coefficient (Wildman–Crippen LogP) is 1.23. The summed E-state index contributed by atoms with van der Waals surface area (Å²) in [5.41, 5.74) is 7.16. The molecule has 2 unspecified atom stereocenters. The van der Waals surface area contributed by atoms with E-state index in [1.54, 1.807) is 12.1 Å². The van der Waals surface area contributed by atoms with E-state index in [0.717, 1.165) is 5.56 Å². The van der Waals surface area contributed by atoms with Crippen molar-refractivity contribution in [1.82, 2.24) is 19.5 Å². The number of ether oxygens (including phenoxy) is 1. The Morgan fingerprint density at radius 1 is 1.14 bits per heavy atom. The quantitative estimate of drug-likeness (QED) is 0.0672. The van der Waals surface area contributed by atoms with Crippen LogP contribution in [0.4, 0.5) is 11.5 Å². The van der Waals surface area contributed by atoms with Gasteiger partial charge in [-0.3, -0.25) is 19.2 Å². The highest BCUT2D eigenvalue weighted by molar-refractivity contribution is 7.66. The number of aliphatic hydroxyl groups excluding tert-OH is 1. The Hall–Kier alpha value is -2.74. The topological polar surface area (TPSA) is 314 Å². The molecule has 0 aliphatic carbocycles. The lowest BCUT2D eigenvalue weighted by atomic mass is 10.1. The third-order valence-corrected chi connectivity index (χ3v) is 9.96. The Bertz CT molecular complexity index is 1650. The minimum Gasteiger partial charge on any atom is -0.390 e. The van der Waals surface area contributed by atoms with Crippen molar-refractivity contribution in [1.29, 1.82) is 0 Å². The standard InChI is InChI=1S/C20H28N7O14P3/c21-5-1-2-12-3-4-13(14(6-12)27(29)30)8-22-19-18-20(24-10-23-19)26(11-25-18)17-7-15(28)16(39-17)9-38-43(34,35)41-44(36,37)40-42(31,32)33/h3-4,6,10-11,15-17,28H,1-2,5,7-9,21H2,(H,34,35)(H,36,37)(H,22,23,24)(H2,31,32,33)/t15-,16+,17+/m0/s1. The lowest BCUT2D eigenvalue weighted by molar-refractivity contribution is -0.385. The molecule has 1 fully saturated rings. The van der Waals surface area contributed by atoms with Gasteiger partial charge in [0.25, 0.3) is 5.69 Å². The van der Waals surface area contributed by atoms with Crippen molar-refractivity contribution in [2.24, 2.45) is 5.73 Å². The zero-order valence-corrected chi connectivity index (χ0v) is 25.1. The molecule has 1 saturated heterocycles. The molecule has 0 radical (unpaired) electrons. The minimum absolute atomic E-state index is 0.0355. The lowest BCUT2D eigenvalue weighted by Gasteiger charge is -2.19. The van der Waals surface area contributed by atoms with E-state index in [-0.39, 0.29) is 35.6 Å². The number of phosphoric ester groups is 1. The number of benzene rings is 1. The number of hydrogen-bond donors (Lipinski definition) is 7. The molecule has 21 nitrogen and oxygen atoms in total. The second-order valence-corrected chi connectivity index (χ2v) is 13.8. The van der Waals surface area contributed by atoms with E-state index in [2.05, 4.69) is 33.4 Å². The van der Waals surface area contributed by atoms with E-state index in [1.165, 1.54) is 23.3 Å². The molecule has 8 N–H and O–H groups in total. The fourth-order valence-corrected chi connectivity index (χ4v) is 7.30. The van der Waals surface area contributed by atoms with Crippen molar-refractivity contribution < 1.29 is 61.2 Å². The Morgan fingerprint density at radius 3 is 2.57 bits per heavy atom. The minimum atomic E-state index is -5.71. The van der Waals surface area contributed by atoms with E-state index in [0.29, 0.717) is 24.9 Å². The van der Waals surface area contributed by atoms with E-state index < -0.39 is 53.4 Å². The average molecular weight is 683 g/mol. The predicted molar refractivity (Wildman–Crippen MR) is 147 cm³/mol. The van der Waals surface area contributed by atoms with Gasteiger partial charge in [0, 0.05) is 24.6 Å². The number of nitro groups is 1. The highest BCUT2D eigenvalue weighted by atomic mass is 31.3. The number of aromatic nitrogens is 4. The van der Waals surface area contributed by atoms with Crippen molar-refractivity contribution >= 4 is 46.1 Å². The fourth-order valence-electron chi connectivity index (χ4n) is 4.27. The van der Waals surface area contributed by atoms with Crippen LogP contribution >= 0.6 is 23.5 Å². The van der Waals surface area contributed by atoms with Gasteiger partial charge < -0.3 is 40.5 Å². The molecular formula is C20H28N7O14P3. The maximum absolute atomic E-state index is 12.0. The summed E-state index contributed by atoms with van der Waals surface area (Å²) >= 11 is 0. The molecule has 0 bridgehead atoms. The van der Waals surface area contributed by atoms with Crippen LogP contribution in [0.2, 0.25) is 0 Å². The molecule has 1 aliphatic rings. The Kier molecular flexibility index (Phi) is 10.6. The van der Waals surface area contributed by atoms with Crippen LogP contribution < -0.4 is 11.1 Å². The number of nitrogens with one attached hydrogen (secondary N) is 1. The lowest BCUT2D eigenvalue weighted by Crippen LogP contribution is -2.26. The van der Waals surface area contributed by atoms with Gasteiger partial charge in [0.2, 0.25) is 0 Å². The number of hydrogen-bond acceptors (Lipinski definition) is 15. The van der Waals surface area contributed by atoms with Crippen LogP contribution in [0.3, 0.4) is 0 Å². The van der Waals surface area contributed by atoms with E-state index in [1.807, 2.05) is 0 Å². The highest BCUT2D eigenvalue weighted by Gasteiger charge is 2.43. The number of rotatable bonds is 15. The molecule has 0 spiro atoms. The fraction of sp³-hybridized carbons (Fsp3) is 0.450. The first kappa shape index (κ1) is 34.1. The van der Waals surface area contributed by atoms with Crippen molar-refractivity contribution in [3.8, 4) is 0 Å². The number of phosphoric acid groups is 3. The summed E-state index contributed by atoms with van der Waals surface area (Å²) in [5, 5.41) is 25.1. The summed E-state index contributed by atoms with van der Waals surface area (Å²) in [6.45, 7) is -0.353. The van der Waals surface area contributed by atoms with Gasteiger partial charge in [-0.15, -0.1) is 0 Å². The number of imidazole rings is 1. The second kappa shape index (κ2) is 13.7. The smallest absolute Gasteiger partial charge is 0.390 e. The Balaban J connectivity index is 1.42. The first-order valence-electron chi connectivity index (χ1n) is 12.6. The maximum Gasteiger partial charge on any atom is 0.490 e. The molecule has 1 aliphatic heterocycles. The number of nitrogens with zero attached hydrogens (tertiary/aromatic N) is 5. The summed E-state index contributed by atoms with van der Waals surface area (Å²) in [4.78, 5) is 60.0. The maximum atomic E-state index is 12.0. The SMILES string of the molecule is NCCCc1ccc(CNc2ncnc3c2ncn3[C@H]2C[C@H](O)[C@@H](COP(=O)(O)OP(=O)(O)OP(=O)(O)O)O2)c([N+](=O)[O-])c1. The van der Waals surface area contributed by atoms with Gasteiger partial charge in [0.15, 0.2) is 17.0 Å². The van der Waals surface area contributed by atoms with Gasteiger partial charge in [-0.1, -0.05) is 12.1 Å². The van der Waals surface area contributed by atoms with Crippen LogP contribution in [0.5, 0.6) is 0 Å². The van der Waals surface area contributed by atoms with Crippen LogP contribution in [-0.2, 0) is 44.5 Å². The summed E-state index contributed by atoms with van der Waals surface area (Å²) < 4.78 is 53.3. The Morgan fingerprint density at radius 2 is 1.89 bits per heavy atom. The molecule has 3 heterocycles.